The Morgan fingerprint density at radius 1 is 0.353 bits per heavy atom. The molecule has 3 aromatic carbocycles. The van der Waals surface area contributed by atoms with E-state index in [-0.39, 0.29) is 18.2 Å². The van der Waals surface area contributed by atoms with Crippen molar-refractivity contribution in [2.75, 3.05) is 0 Å². The molecule has 0 saturated heterocycles. The molecule has 34 heavy (non-hydrogen) atoms. The van der Waals surface area contributed by atoms with Crippen LogP contribution in [-0.2, 0) is 0 Å². The molecular weight excluding hydrogens is 503 g/mol. The molecule has 0 aromatic heterocycles. The largest absolute Gasteiger partial charge is 0.864 e. The van der Waals surface area contributed by atoms with Crippen molar-refractivity contribution in [3.63, 3.8) is 0 Å². The Bertz CT molecular complexity index is 1050. The molecular formula is C18H3BF12O3. The highest BCUT2D eigenvalue weighted by molar-refractivity contribution is 6.39. The maximum Gasteiger partial charge on any atom is 0.864 e. The molecule has 3 rings (SSSR count). The molecule has 0 bridgehead atoms. The topological polar surface area (TPSA) is 27.7 Å². The summed E-state index contributed by atoms with van der Waals surface area (Å²) in [5, 5.41) is 0. The Morgan fingerprint density at radius 2 is 0.529 bits per heavy atom. The number of hydrogen-bond donors (Lipinski definition) is 0. The Labute approximate surface area is 180 Å². The average molecular weight is 506 g/mol. The van der Waals surface area contributed by atoms with Crippen molar-refractivity contribution < 1.29 is 66.6 Å². The average Bonchev–Trinajstić information content (AvgIpc) is 2.77. The predicted octanol–water partition coefficient (Wildman–Crippen LogP) is 5.88. The first-order valence-electron chi connectivity index (χ1n) is 8.32. The fourth-order valence-corrected chi connectivity index (χ4v) is 2.33. The molecule has 180 valence electrons. The minimum Gasteiger partial charge on any atom is -0.484 e. The van der Waals surface area contributed by atoms with Crippen molar-refractivity contribution in [2.24, 2.45) is 0 Å². The summed E-state index contributed by atoms with van der Waals surface area (Å²) in [5.74, 6) is -33.3. The lowest BCUT2D eigenvalue weighted by Gasteiger charge is -2.19. The van der Waals surface area contributed by atoms with E-state index in [1.165, 1.54) is 0 Å². The van der Waals surface area contributed by atoms with Gasteiger partial charge in [-0.1, -0.05) is 0 Å². The summed E-state index contributed by atoms with van der Waals surface area (Å²) in [6.45, 7) is 0. The lowest BCUT2D eigenvalue weighted by molar-refractivity contribution is 0.255. The highest BCUT2D eigenvalue weighted by Crippen LogP contribution is 2.32. The van der Waals surface area contributed by atoms with Crippen molar-refractivity contribution >= 4 is 7.32 Å². The summed E-state index contributed by atoms with van der Waals surface area (Å²) in [6.07, 6.45) is 0. The first kappa shape index (κ1) is 24.9. The van der Waals surface area contributed by atoms with Crippen molar-refractivity contribution in [3.8, 4) is 17.2 Å². The van der Waals surface area contributed by atoms with Gasteiger partial charge in [0.25, 0.3) is 0 Å². The first-order chi connectivity index (χ1) is 15.8. The van der Waals surface area contributed by atoms with Crippen LogP contribution < -0.4 is 14.0 Å². The zero-order chi connectivity index (χ0) is 25.5. The van der Waals surface area contributed by atoms with Crippen molar-refractivity contribution in [1.82, 2.24) is 0 Å². The van der Waals surface area contributed by atoms with Gasteiger partial charge in [-0.3, -0.25) is 0 Å². The van der Waals surface area contributed by atoms with E-state index in [0.717, 1.165) is 0 Å². The predicted molar refractivity (Wildman–Crippen MR) is 86.5 cm³/mol. The first-order valence-corrected chi connectivity index (χ1v) is 8.32. The Morgan fingerprint density at radius 3 is 0.706 bits per heavy atom. The summed E-state index contributed by atoms with van der Waals surface area (Å²) in [4.78, 5) is 0. The zero-order valence-corrected chi connectivity index (χ0v) is 15.6. The van der Waals surface area contributed by atoms with E-state index < -0.39 is 94.4 Å². The molecule has 16 heteroatoms. The molecule has 0 aliphatic carbocycles. The number of benzene rings is 3. The highest BCUT2D eigenvalue weighted by atomic mass is 19.2. The van der Waals surface area contributed by atoms with Gasteiger partial charge in [-0.05, 0) is 0 Å². The van der Waals surface area contributed by atoms with Crippen molar-refractivity contribution in [3.05, 3.63) is 88.0 Å². The van der Waals surface area contributed by atoms with Gasteiger partial charge in [-0.25, -0.2) is 26.3 Å². The van der Waals surface area contributed by atoms with Crippen LogP contribution in [0.15, 0.2) is 18.2 Å². The fourth-order valence-electron chi connectivity index (χ4n) is 2.33. The van der Waals surface area contributed by atoms with Crippen LogP contribution in [0.1, 0.15) is 0 Å². The molecule has 0 spiro atoms. The normalized spacial score (nSPS) is 10.9. The minimum atomic E-state index is -3.37. The van der Waals surface area contributed by atoms with Crippen LogP contribution in [0.4, 0.5) is 52.7 Å². The number of rotatable bonds is 6. The molecule has 0 aliphatic rings. The van der Waals surface area contributed by atoms with E-state index in [9.17, 15) is 52.7 Å². The minimum absolute atomic E-state index is 0.323. The third kappa shape index (κ3) is 4.52. The quantitative estimate of drug-likeness (QED) is 0.238. The van der Waals surface area contributed by atoms with Crippen LogP contribution >= 0.6 is 0 Å². The van der Waals surface area contributed by atoms with Crippen LogP contribution in [0.25, 0.3) is 0 Å². The maximum absolute atomic E-state index is 13.9. The van der Waals surface area contributed by atoms with E-state index in [1.807, 2.05) is 0 Å². The van der Waals surface area contributed by atoms with Crippen molar-refractivity contribution in [2.45, 2.75) is 0 Å². The standard InChI is InChI=1S/C18H3BF12O3/c20-4-1-5(21)11(27)16(10(4)26)32-19(33-17-12(28)6(22)2-7(23)13(17)29)34-18-14(30)8(24)3-9(25)15(18)31/h1-3H. The van der Waals surface area contributed by atoms with Crippen LogP contribution in [0.3, 0.4) is 0 Å². The molecule has 0 aliphatic heterocycles. The Balaban J connectivity index is 2.15. The van der Waals surface area contributed by atoms with Gasteiger partial charge in [0.1, 0.15) is 0 Å². The smallest absolute Gasteiger partial charge is 0.484 e. The molecule has 0 unspecified atom stereocenters. The second kappa shape index (κ2) is 9.27. The van der Waals surface area contributed by atoms with E-state index in [1.54, 1.807) is 0 Å². The SMILES string of the molecule is Fc1cc(F)c(F)c(OB(Oc2c(F)c(F)cc(F)c2F)Oc2c(F)c(F)cc(F)c2F)c1F. The molecule has 0 heterocycles. The molecule has 0 amide bonds. The highest BCUT2D eigenvalue weighted by Gasteiger charge is 2.40. The third-order valence-electron chi connectivity index (χ3n) is 3.86. The van der Waals surface area contributed by atoms with Gasteiger partial charge in [-0.2, -0.15) is 26.3 Å². The molecule has 3 nitrogen and oxygen atoms in total. The Kier molecular flexibility index (Phi) is 6.79. The molecule has 0 atom stereocenters. The van der Waals surface area contributed by atoms with Gasteiger partial charge in [0.15, 0.2) is 52.2 Å². The van der Waals surface area contributed by atoms with E-state index >= 15 is 0 Å². The Hall–Kier alpha value is -3.72. The van der Waals surface area contributed by atoms with Crippen LogP contribution in [0.5, 0.6) is 17.2 Å². The van der Waals surface area contributed by atoms with Crippen LogP contribution in [-0.4, -0.2) is 7.32 Å². The van der Waals surface area contributed by atoms with Gasteiger partial charge in [-0.15, -0.1) is 0 Å². The summed E-state index contributed by atoms with van der Waals surface area (Å²) < 4.78 is 176. The van der Waals surface area contributed by atoms with Crippen molar-refractivity contribution in [1.29, 1.82) is 0 Å². The molecule has 0 saturated carbocycles. The van der Waals surface area contributed by atoms with Crippen LogP contribution in [0.2, 0.25) is 0 Å². The molecule has 3 aromatic rings. The van der Waals surface area contributed by atoms with Crippen LogP contribution in [0, 0.1) is 69.8 Å². The van der Waals surface area contributed by atoms with Gasteiger partial charge in [0.05, 0.1) is 0 Å². The molecule has 0 fully saturated rings. The lowest BCUT2D eigenvalue weighted by atomic mass is 10.1. The lowest BCUT2D eigenvalue weighted by Crippen LogP contribution is -2.39. The summed E-state index contributed by atoms with van der Waals surface area (Å²) >= 11 is 0. The second-order valence-corrected chi connectivity index (χ2v) is 6.03. The van der Waals surface area contributed by atoms with Gasteiger partial charge >= 0.3 is 7.32 Å². The molecule has 0 N–H and O–H groups in total. The summed E-state index contributed by atoms with van der Waals surface area (Å²) in [6, 6.07) is -0.968. The fraction of sp³-hybridized carbons (Fsp3) is 0. The second-order valence-electron chi connectivity index (χ2n) is 6.03. The van der Waals surface area contributed by atoms with Gasteiger partial charge < -0.3 is 14.0 Å². The summed E-state index contributed by atoms with van der Waals surface area (Å²) in [7, 11) is -3.37. The van der Waals surface area contributed by atoms with E-state index in [0.29, 0.717) is 0 Å². The van der Waals surface area contributed by atoms with E-state index in [2.05, 4.69) is 14.0 Å². The molecule has 0 radical (unpaired) electrons. The number of halogens is 12. The number of hydrogen-bond acceptors (Lipinski definition) is 3. The third-order valence-corrected chi connectivity index (χ3v) is 3.86. The summed E-state index contributed by atoms with van der Waals surface area (Å²) in [5.41, 5.74) is 0. The van der Waals surface area contributed by atoms with Gasteiger partial charge in [0.2, 0.25) is 34.9 Å². The van der Waals surface area contributed by atoms with E-state index in [4.69, 9.17) is 0 Å². The zero-order valence-electron chi connectivity index (χ0n) is 15.6. The monoisotopic (exact) mass is 506 g/mol. The van der Waals surface area contributed by atoms with Gasteiger partial charge in [0, 0.05) is 18.2 Å². The maximum atomic E-state index is 13.9.